The Labute approximate surface area is 134 Å². The maximum absolute atomic E-state index is 12.6. The SMILES string of the molecule is CN(C)C(CNS(=O)(=O)c1cnc2ccccn12)c1ccco1. The zero-order valence-corrected chi connectivity index (χ0v) is 13.7. The summed E-state index contributed by atoms with van der Waals surface area (Å²) >= 11 is 0. The second-order valence-corrected chi connectivity index (χ2v) is 7.09. The number of rotatable bonds is 6. The number of imidazole rings is 1. The van der Waals surface area contributed by atoms with Crippen molar-refractivity contribution >= 4 is 15.7 Å². The summed E-state index contributed by atoms with van der Waals surface area (Å²) in [5.74, 6) is 0.704. The Bertz CT molecular complexity index is 884. The van der Waals surface area contributed by atoms with Crippen LogP contribution >= 0.6 is 0 Å². The molecule has 0 aromatic carbocycles. The lowest BCUT2D eigenvalue weighted by Gasteiger charge is -2.22. The second-order valence-electron chi connectivity index (χ2n) is 5.37. The van der Waals surface area contributed by atoms with E-state index in [1.165, 1.54) is 6.20 Å². The van der Waals surface area contributed by atoms with Gasteiger partial charge in [0.05, 0.1) is 18.5 Å². The minimum absolute atomic E-state index is 0.116. The number of fused-ring (bicyclic) bond motifs is 1. The monoisotopic (exact) mass is 334 g/mol. The van der Waals surface area contributed by atoms with Crippen molar-refractivity contribution in [2.24, 2.45) is 0 Å². The molecule has 1 unspecified atom stereocenters. The predicted molar refractivity (Wildman–Crippen MR) is 85.5 cm³/mol. The molecule has 0 bridgehead atoms. The van der Waals surface area contributed by atoms with Gasteiger partial charge >= 0.3 is 0 Å². The van der Waals surface area contributed by atoms with Gasteiger partial charge in [0, 0.05) is 12.7 Å². The van der Waals surface area contributed by atoms with E-state index in [1.54, 1.807) is 35.1 Å². The summed E-state index contributed by atoms with van der Waals surface area (Å²) in [4.78, 5) is 6.01. The lowest BCUT2D eigenvalue weighted by atomic mass is 10.2. The Morgan fingerprint density at radius 2 is 2.13 bits per heavy atom. The normalized spacial score (nSPS) is 13.7. The van der Waals surface area contributed by atoms with Gasteiger partial charge in [-0.05, 0) is 38.4 Å². The Morgan fingerprint density at radius 3 is 2.83 bits per heavy atom. The first-order valence-corrected chi connectivity index (χ1v) is 8.59. The molecule has 3 heterocycles. The quantitative estimate of drug-likeness (QED) is 0.739. The van der Waals surface area contributed by atoms with Gasteiger partial charge in [0.25, 0.3) is 10.0 Å². The molecule has 0 fully saturated rings. The Hall–Kier alpha value is -2.16. The number of nitrogens with zero attached hydrogens (tertiary/aromatic N) is 3. The largest absolute Gasteiger partial charge is 0.468 e. The molecule has 0 aliphatic heterocycles. The molecule has 3 aromatic heterocycles. The van der Waals surface area contributed by atoms with E-state index >= 15 is 0 Å². The molecule has 3 aromatic rings. The van der Waals surface area contributed by atoms with Gasteiger partial charge in [-0.1, -0.05) is 6.07 Å². The molecule has 0 aliphatic carbocycles. The van der Waals surface area contributed by atoms with Crippen molar-refractivity contribution in [2.45, 2.75) is 11.1 Å². The Morgan fingerprint density at radius 1 is 1.30 bits per heavy atom. The molecule has 0 saturated heterocycles. The third kappa shape index (κ3) is 3.14. The van der Waals surface area contributed by atoms with Crippen LogP contribution in [0.25, 0.3) is 5.65 Å². The fourth-order valence-corrected chi connectivity index (χ4v) is 3.52. The fraction of sp³-hybridized carbons (Fsp3) is 0.267. The summed E-state index contributed by atoms with van der Waals surface area (Å²) < 4.78 is 34.7. The molecule has 3 rings (SSSR count). The highest BCUT2D eigenvalue weighted by molar-refractivity contribution is 7.89. The number of hydrogen-bond donors (Lipinski definition) is 1. The van der Waals surface area contributed by atoms with Gasteiger partial charge in [-0.3, -0.25) is 9.30 Å². The van der Waals surface area contributed by atoms with Crippen molar-refractivity contribution < 1.29 is 12.8 Å². The molecule has 7 nitrogen and oxygen atoms in total. The van der Waals surface area contributed by atoms with E-state index in [-0.39, 0.29) is 17.6 Å². The van der Waals surface area contributed by atoms with Crippen molar-refractivity contribution in [1.29, 1.82) is 0 Å². The van der Waals surface area contributed by atoms with E-state index in [4.69, 9.17) is 4.42 Å². The van der Waals surface area contributed by atoms with E-state index in [2.05, 4.69) is 9.71 Å². The van der Waals surface area contributed by atoms with Gasteiger partial charge < -0.3 is 4.42 Å². The first-order valence-electron chi connectivity index (χ1n) is 7.10. The van der Waals surface area contributed by atoms with Crippen LogP contribution in [0.15, 0.2) is 58.4 Å². The van der Waals surface area contributed by atoms with Crippen LogP contribution in [-0.4, -0.2) is 43.3 Å². The highest BCUT2D eigenvalue weighted by Crippen LogP contribution is 2.19. The summed E-state index contributed by atoms with van der Waals surface area (Å²) in [6.07, 6.45) is 4.60. The maximum Gasteiger partial charge on any atom is 0.258 e. The van der Waals surface area contributed by atoms with Crippen LogP contribution in [-0.2, 0) is 10.0 Å². The zero-order valence-electron chi connectivity index (χ0n) is 12.9. The van der Waals surface area contributed by atoms with Gasteiger partial charge in [0.15, 0.2) is 5.03 Å². The Kier molecular flexibility index (Phi) is 4.20. The van der Waals surface area contributed by atoms with E-state index in [9.17, 15) is 8.42 Å². The van der Waals surface area contributed by atoms with E-state index in [0.717, 1.165) is 0 Å². The average Bonchev–Trinajstić information content (AvgIpc) is 3.16. The van der Waals surface area contributed by atoms with Gasteiger partial charge in [0.2, 0.25) is 0 Å². The molecule has 122 valence electrons. The number of pyridine rings is 1. The number of nitrogens with one attached hydrogen (secondary N) is 1. The number of furan rings is 1. The van der Waals surface area contributed by atoms with Gasteiger partial charge in [-0.2, -0.15) is 0 Å². The first-order chi connectivity index (χ1) is 11.0. The first kappa shape index (κ1) is 15.7. The molecule has 0 saturated carbocycles. The van der Waals surface area contributed by atoms with E-state index < -0.39 is 10.0 Å². The van der Waals surface area contributed by atoms with Crippen LogP contribution in [0, 0.1) is 0 Å². The third-order valence-corrected chi connectivity index (χ3v) is 5.02. The van der Waals surface area contributed by atoms with Crippen LogP contribution in [0.5, 0.6) is 0 Å². The Balaban J connectivity index is 1.84. The zero-order chi connectivity index (χ0) is 16.4. The van der Waals surface area contributed by atoms with Gasteiger partial charge in [-0.15, -0.1) is 0 Å². The molecule has 8 heteroatoms. The van der Waals surface area contributed by atoms with Crippen molar-refractivity contribution in [3.63, 3.8) is 0 Å². The van der Waals surface area contributed by atoms with Gasteiger partial charge in [0.1, 0.15) is 11.4 Å². The highest BCUT2D eigenvalue weighted by atomic mass is 32.2. The molecular formula is C15H18N4O3S. The minimum atomic E-state index is -3.68. The summed E-state index contributed by atoms with van der Waals surface area (Å²) in [5.41, 5.74) is 0.586. The van der Waals surface area contributed by atoms with Crippen molar-refractivity contribution in [2.75, 3.05) is 20.6 Å². The standard InChI is InChI=1S/C15H18N4O3S/c1-18(2)12(13-6-5-9-22-13)10-17-23(20,21)15-11-16-14-7-3-4-8-19(14)15/h3-9,11-12,17H,10H2,1-2H3. The van der Waals surface area contributed by atoms with E-state index in [0.29, 0.717) is 11.4 Å². The van der Waals surface area contributed by atoms with E-state index in [1.807, 2.05) is 31.1 Å². The number of sulfonamides is 1. The molecular weight excluding hydrogens is 316 g/mol. The van der Waals surface area contributed by atoms with Crippen LogP contribution < -0.4 is 4.72 Å². The predicted octanol–water partition coefficient (Wildman–Crippen LogP) is 1.51. The van der Waals surface area contributed by atoms with Crippen molar-refractivity contribution in [3.05, 3.63) is 54.7 Å². The third-order valence-electron chi connectivity index (χ3n) is 3.62. The molecule has 1 atom stereocenters. The second kappa shape index (κ2) is 6.15. The van der Waals surface area contributed by atoms with Crippen LogP contribution in [0.3, 0.4) is 0 Å². The van der Waals surface area contributed by atoms with Crippen molar-refractivity contribution in [1.82, 2.24) is 19.0 Å². The molecule has 1 N–H and O–H groups in total. The molecule has 0 spiro atoms. The van der Waals surface area contributed by atoms with Crippen LogP contribution in [0.4, 0.5) is 0 Å². The molecule has 0 aliphatic rings. The number of aromatic nitrogens is 2. The maximum atomic E-state index is 12.6. The smallest absolute Gasteiger partial charge is 0.258 e. The topological polar surface area (TPSA) is 79.9 Å². The van der Waals surface area contributed by atoms with Crippen molar-refractivity contribution in [3.8, 4) is 0 Å². The lowest BCUT2D eigenvalue weighted by Crippen LogP contribution is -2.34. The summed E-state index contributed by atoms with van der Waals surface area (Å²) in [5, 5.41) is 0.116. The summed E-state index contributed by atoms with van der Waals surface area (Å²) in [6.45, 7) is 0.197. The fourth-order valence-electron chi connectivity index (χ4n) is 2.39. The summed E-state index contributed by atoms with van der Waals surface area (Å²) in [7, 11) is 0.0604. The molecule has 0 radical (unpaired) electrons. The highest BCUT2D eigenvalue weighted by Gasteiger charge is 2.23. The number of likely N-dealkylation sites (N-methyl/N-ethyl adjacent to an activating group) is 1. The minimum Gasteiger partial charge on any atom is -0.468 e. The summed E-state index contributed by atoms with van der Waals surface area (Å²) in [6, 6.07) is 8.74. The van der Waals surface area contributed by atoms with Crippen LogP contribution in [0.2, 0.25) is 0 Å². The van der Waals surface area contributed by atoms with Crippen LogP contribution in [0.1, 0.15) is 11.8 Å². The molecule has 23 heavy (non-hydrogen) atoms. The average molecular weight is 334 g/mol. The lowest BCUT2D eigenvalue weighted by molar-refractivity contribution is 0.259. The number of hydrogen-bond acceptors (Lipinski definition) is 5. The molecule has 0 amide bonds. The van der Waals surface area contributed by atoms with Gasteiger partial charge in [-0.25, -0.2) is 18.1 Å².